The second kappa shape index (κ2) is 4.61. The number of para-hydroxylation sites is 1. The molecule has 1 heterocycles. The van der Waals surface area contributed by atoms with Gasteiger partial charge in [-0.1, -0.05) is 35.9 Å². The summed E-state index contributed by atoms with van der Waals surface area (Å²) in [6, 6.07) is 15.7. The van der Waals surface area contributed by atoms with Crippen molar-refractivity contribution in [2.24, 2.45) is 0 Å². The van der Waals surface area contributed by atoms with Gasteiger partial charge in [0.2, 0.25) is 0 Å². The van der Waals surface area contributed by atoms with Gasteiger partial charge >= 0.3 is 0 Å². The molecule has 94 valence electrons. The Morgan fingerprint density at radius 2 is 1.79 bits per heavy atom. The van der Waals surface area contributed by atoms with Crippen molar-refractivity contribution in [2.75, 3.05) is 10.6 Å². The lowest BCUT2D eigenvalue weighted by Gasteiger charge is -2.03. The van der Waals surface area contributed by atoms with Crippen molar-refractivity contribution < 1.29 is 4.79 Å². The molecule has 0 radical (unpaired) electrons. The number of hydrogen-bond donors (Lipinski definition) is 2. The first-order valence-electron chi connectivity index (χ1n) is 6.18. The van der Waals surface area contributed by atoms with E-state index in [9.17, 15) is 4.79 Å². The molecule has 0 aliphatic carbocycles. The number of fused-ring (bicyclic) bond motifs is 1. The Balaban J connectivity index is 1.88. The Kier molecular flexibility index (Phi) is 2.80. The van der Waals surface area contributed by atoms with Gasteiger partial charge in [-0.2, -0.15) is 0 Å². The van der Waals surface area contributed by atoms with Crippen molar-refractivity contribution in [3.63, 3.8) is 0 Å². The zero-order valence-corrected chi connectivity index (χ0v) is 10.6. The molecule has 3 rings (SSSR count). The molecule has 2 N–H and O–H groups in total. The van der Waals surface area contributed by atoms with Crippen LogP contribution in [0.25, 0.3) is 5.57 Å². The third kappa shape index (κ3) is 2.22. The standard InChI is InChI=1S/C16H14N2O/c1-11-6-8-12(9-7-11)17-10-14-13-4-2-3-5-15(13)18-16(14)19/h2-10,17H,1H3,(H,18,19)/b14-10-. The Bertz CT molecular complexity index is 657. The number of nitrogens with one attached hydrogen (secondary N) is 2. The smallest absolute Gasteiger partial charge is 0.257 e. The van der Waals surface area contributed by atoms with Gasteiger partial charge in [0.15, 0.2) is 0 Å². The van der Waals surface area contributed by atoms with Crippen LogP contribution >= 0.6 is 0 Å². The van der Waals surface area contributed by atoms with E-state index < -0.39 is 0 Å². The molecule has 1 amide bonds. The predicted octanol–water partition coefficient (Wildman–Crippen LogP) is 3.40. The molecular weight excluding hydrogens is 236 g/mol. The van der Waals surface area contributed by atoms with E-state index in [1.165, 1.54) is 5.56 Å². The zero-order valence-electron chi connectivity index (χ0n) is 10.6. The van der Waals surface area contributed by atoms with Crippen LogP contribution in [-0.2, 0) is 4.79 Å². The highest BCUT2D eigenvalue weighted by atomic mass is 16.2. The van der Waals surface area contributed by atoms with E-state index in [0.29, 0.717) is 5.57 Å². The van der Waals surface area contributed by atoms with Crippen LogP contribution in [0.5, 0.6) is 0 Å². The van der Waals surface area contributed by atoms with Gasteiger partial charge in [-0.15, -0.1) is 0 Å². The first kappa shape index (κ1) is 11.5. The fraction of sp³-hybridized carbons (Fsp3) is 0.0625. The second-order valence-corrected chi connectivity index (χ2v) is 4.57. The van der Waals surface area contributed by atoms with Gasteiger partial charge in [0.05, 0.1) is 5.57 Å². The van der Waals surface area contributed by atoms with Crippen LogP contribution in [0, 0.1) is 6.92 Å². The Morgan fingerprint density at radius 3 is 2.58 bits per heavy atom. The number of anilines is 2. The van der Waals surface area contributed by atoms with Crippen molar-refractivity contribution >= 4 is 22.9 Å². The molecule has 0 fully saturated rings. The van der Waals surface area contributed by atoms with Gasteiger partial charge in [-0.3, -0.25) is 4.79 Å². The van der Waals surface area contributed by atoms with Crippen LogP contribution < -0.4 is 10.6 Å². The van der Waals surface area contributed by atoms with Gasteiger partial charge in [-0.25, -0.2) is 0 Å². The van der Waals surface area contributed by atoms with Gasteiger partial charge < -0.3 is 10.6 Å². The summed E-state index contributed by atoms with van der Waals surface area (Å²) < 4.78 is 0. The maximum atomic E-state index is 11.9. The fourth-order valence-electron chi connectivity index (χ4n) is 2.09. The van der Waals surface area contributed by atoms with E-state index in [-0.39, 0.29) is 5.91 Å². The lowest BCUT2D eigenvalue weighted by atomic mass is 10.1. The second-order valence-electron chi connectivity index (χ2n) is 4.57. The largest absolute Gasteiger partial charge is 0.361 e. The first-order valence-corrected chi connectivity index (χ1v) is 6.18. The number of benzene rings is 2. The molecule has 2 aromatic carbocycles. The molecule has 0 unspecified atom stereocenters. The predicted molar refractivity (Wildman–Crippen MR) is 77.9 cm³/mol. The average molecular weight is 250 g/mol. The van der Waals surface area contributed by atoms with Crippen molar-refractivity contribution in [2.45, 2.75) is 6.92 Å². The lowest BCUT2D eigenvalue weighted by molar-refractivity contribution is -0.110. The highest BCUT2D eigenvalue weighted by Gasteiger charge is 2.22. The summed E-state index contributed by atoms with van der Waals surface area (Å²) in [6.45, 7) is 2.04. The Labute approximate surface area is 112 Å². The lowest BCUT2D eigenvalue weighted by Crippen LogP contribution is -2.05. The molecule has 19 heavy (non-hydrogen) atoms. The number of carbonyl (C=O) groups is 1. The van der Waals surface area contributed by atoms with E-state index in [4.69, 9.17) is 0 Å². The van der Waals surface area contributed by atoms with E-state index in [1.54, 1.807) is 6.20 Å². The summed E-state index contributed by atoms with van der Waals surface area (Å²) in [6.07, 6.45) is 1.76. The molecule has 0 bridgehead atoms. The molecule has 3 heteroatoms. The third-order valence-electron chi connectivity index (χ3n) is 3.14. The number of aryl methyl sites for hydroxylation is 1. The molecule has 3 nitrogen and oxygen atoms in total. The van der Waals surface area contributed by atoms with Gasteiger partial charge in [0.1, 0.15) is 0 Å². The van der Waals surface area contributed by atoms with Gasteiger partial charge in [0, 0.05) is 23.1 Å². The number of hydrogen-bond acceptors (Lipinski definition) is 2. The molecular formula is C16H14N2O. The maximum absolute atomic E-state index is 11.9. The van der Waals surface area contributed by atoms with Crippen molar-refractivity contribution in [1.82, 2.24) is 0 Å². The molecule has 0 atom stereocenters. The van der Waals surface area contributed by atoms with Crippen LogP contribution in [0.15, 0.2) is 54.7 Å². The minimum absolute atomic E-state index is 0.0687. The zero-order chi connectivity index (χ0) is 13.2. The maximum Gasteiger partial charge on any atom is 0.257 e. The van der Waals surface area contributed by atoms with Crippen LogP contribution in [0.4, 0.5) is 11.4 Å². The third-order valence-corrected chi connectivity index (χ3v) is 3.14. The SMILES string of the molecule is Cc1ccc(N/C=C2\C(=O)Nc3ccccc32)cc1. The minimum atomic E-state index is -0.0687. The quantitative estimate of drug-likeness (QED) is 0.802. The molecule has 0 aromatic heterocycles. The summed E-state index contributed by atoms with van der Waals surface area (Å²) in [5.41, 5.74) is 4.64. The summed E-state index contributed by atoms with van der Waals surface area (Å²) in [4.78, 5) is 11.9. The highest BCUT2D eigenvalue weighted by molar-refractivity contribution is 6.31. The number of amides is 1. The molecule has 0 spiro atoms. The van der Waals surface area contributed by atoms with E-state index in [1.807, 2.05) is 55.5 Å². The average Bonchev–Trinajstić information content (AvgIpc) is 2.74. The van der Waals surface area contributed by atoms with Crippen LogP contribution in [-0.4, -0.2) is 5.91 Å². The highest BCUT2D eigenvalue weighted by Crippen LogP contribution is 2.31. The van der Waals surface area contributed by atoms with Gasteiger partial charge in [0.25, 0.3) is 5.91 Å². The van der Waals surface area contributed by atoms with Crippen molar-refractivity contribution in [3.8, 4) is 0 Å². The molecule has 2 aromatic rings. The number of carbonyl (C=O) groups excluding carboxylic acids is 1. The van der Waals surface area contributed by atoms with Crippen molar-refractivity contribution in [1.29, 1.82) is 0 Å². The van der Waals surface area contributed by atoms with Gasteiger partial charge in [-0.05, 0) is 25.1 Å². The number of rotatable bonds is 2. The Morgan fingerprint density at radius 1 is 1.05 bits per heavy atom. The van der Waals surface area contributed by atoms with E-state index >= 15 is 0 Å². The molecule has 0 saturated heterocycles. The van der Waals surface area contributed by atoms with Crippen molar-refractivity contribution in [3.05, 3.63) is 65.9 Å². The van der Waals surface area contributed by atoms with Crippen LogP contribution in [0.1, 0.15) is 11.1 Å². The summed E-state index contributed by atoms with van der Waals surface area (Å²) >= 11 is 0. The molecule has 1 aliphatic heterocycles. The summed E-state index contributed by atoms with van der Waals surface area (Å²) in [7, 11) is 0. The topological polar surface area (TPSA) is 41.1 Å². The Hall–Kier alpha value is -2.55. The van der Waals surface area contributed by atoms with Crippen LogP contribution in [0.3, 0.4) is 0 Å². The molecule has 1 aliphatic rings. The summed E-state index contributed by atoms with van der Waals surface area (Å²) in [5.74, 6) is -0.0687. The van der Waals surface area contributed by atoms with E-state index in [2.05, 4.69) is 10.6 Å². The normalized spacial score (nSPS) is 15.2. The van der Waals surface area contributed by atoms with E-state index in [0.717, 1.165) is 16.9 Å². The van der Waals surface area contributed by atoms with Crippen LogP contribution in [0.2, 0.25) is 0 Å². The first-order chi connectivity index (χ1) is 9.24. The fourth-order valence-corrected chi connectivity index (χ4v) is 2.09. The molecule has 0 saturated carbocycles. The monoisotopic (exact) mass is 250 g/mol. The summed E-state index contributed by atoms with van der Waals surface area (Å²) in [5, 5.41) is 6.01. The minimum Gasteiger partial charge on any atom is -0.361 e.